The van der Waals surface area contributed by atoms with E-state index in [0.717, 1.165) is 35.3 Å². The summed E-state index contributed by atoms with van der Waals surface area (Å²) >= 11 is 2.22. The highest BCUT2D eigenvalue weighted by Crippen LogP contribution is 2.27. The molecule has 2 nitrogen and oxygen atoms in total. The van der Waals surface area contributed by atoms with Crippen molar-refractivity contribution >= 4 is 28.3 Å². The molecule has 110 valence electrons. The van der Waals surface area contributed by atoms with Crippen LogP contribution >= 0.6 is 22.6 Å². The molecule has 4 heteroatoms. The Labute approximate surface area is 138 Å². The zero-order valence-electron chi connectivity index (χ0n) is 11.7. The quantitative estimate of drug-likeness (QED) is 0.773. The summed E-state index contributed by atoms with van der Waals surface area (Å²) in [5, 5.41) is 3.61. The van der Waals surface area contributed by atoms with Crippen molar-refractivity contribution in [2.24, 2.45) is 0 Å². The summed E-state index contributed by atoms with van der Waals surface area (Å²) in [5.41, 5.74) is 2.43. The first-order chi connectivity index (χ1) is 10.2. The molecule has 0 bridgehead atoms. The molecule has 1 N–H and O–H groups in total. The van der Waals surface area contributed by atoms with Gasteiger partial charge in [0.2, 0.25) is 0 Å². The molecule has 3 rings (SSSR count). The lowest BCUT2D eigenvalue weighted by atomic mass is 10.1. The van der Waals surface area contributed by atoms with Gasteiger partial charge in [-0.05, 0) is 59.3 Å². The highest BCUT2D eigenvalue weighted by Gasteiger charge is 2.20. The van der Waals surface area contributed by atoms with Crippen LogP contribution in [0.4, 0.5) is 10.1 Å². The number of anilines is 1. The van der Waals surface area contributed by atoms with Crippen LogP contribution < -0.4 is 10.2 Å². The topological polar surface area (TPSA) is 15.3 Å². The van der Waals surface area contributed by atoms with Gasteiger partial charge in [0.15, 0.2) is 0 Å². The molecule has 0 saturated carbocycles. The van der Waals surface area contributed by atoms with Crippen LogP contribution in [-0.2, 0) is 0 Å². The van der Waals surface area contributed by atoms with Gasteiger partial charge in [-0.3, -0.25) is 0 Å². The average molecular weight is 396 g/mol. The first-order valence-corrected chi connectivity index (χ1v) is 8.30. The third-order valence-corrected chi connectivity index (χ3v) is 4.71. The fraction of sp³-hybridized carbons (Fsp3) is 0.294. The normalized spacial score (nSPS) is 19.3. The number of nitrogens with zero attached hydrogens (tertiary/aromatic N) is 1. The predicted octanol–water partition coefficient (Wildman–Crippen LogP) is 3.97. The summed E-state index contributed by atoms with van der Waals surface area (Å²) in [7, 11) is 0. The van der Waals surface area contributed by atoms with E-state index in [1.165, 1.54) is 5.56 Å². The van der Waals surface area contributed by atoms with E-state index < -0.39 is 0 Å². The summed E-state index contributed by atoms with van der Waals surface area (Å²) in [5.74, 6) is -0.171. The van der Waals surface area contributed by atoms with E-state index in [9.17, 15) is 4.39 Å². The molecule has 0 aliphatic carbocycles. The lowest BCUT2D eigenvalue weighted by Crippen LogP contribution is -2.31. The van der Waals surface area contributed by atoms with Crippen LogP contribution in [0.15, 0.2) is 48.5 Å². The van der Waals surface area contributed by atoms with Crippen molar-refractivity contribution in [1.82, 2.24) is 5.32 Å². The molecule has 1 fully saturated rings. The number of nitrogens with one attached hydrogen (secondary N) is 1. The molecular weight excluding hydrogens is 378 g/mol. The number of rotatable bonds is 2. The van der Waals surface area contributed by atoms with Crippen molar-refractivity contribution in [3.05, 3.63) is 63.5 Å². The zero-order chi connectivity index (χ0) is 14.7. The monoisotopic (exact) mass is 396 g/mol. The third-order valence-electron chi connectivity index (χ3n) is 3.85. The SMILES string of the molecule is Fc1ccc(N2CCCNC(c3ccccc3)C2)c(I)c1. The zero-order valence-corrected chi connectivity index (χ0v) is 13.9. The molecule has 2 aromatic carbocycles. The van der Waals surface area contributed by atoms with Gasteiger partial charge in [-0.25, -0.2) is 4.39 Å². The minimum absolute atomic E-state index is 0.171. The lowest BCUT2D eigenvalue weighted by Gasteiger charge is -2.27. The van der Waals surface area contributed by atoms with Crippen LogP contribution in [0.1, 0.15) is 18.0 Å². The van der Waals surface area contributed by atoms with Gasteiger partial charge in [-0.2, -0.15) is 0 Å². The van der Waals surface area contributed by atoms with Gasteiger partial charge >= 0.3 is 0 Å². The second kappa shape index (κ2) is 6.75. The van der Waals surface area contributed by atoms with Crippen molar-refractivity contribution in [2.75, 3.05) is 24.5 Å². The summed E-state index contributed by atoms with van der Waals surface area (Å²) in [4.78, 5) is 2.36. The van der Waals surface area contributed by atoms with E-state index in [1.807, 2.05) is 12.1 Å². The Hall–Kier alpha value is -1.14. The third kappa shape index (κ3) is 3.55. The van der Waals surface area contributed by atoms with Crippen LogP contribution in [0.2, 0.25) is 0 Å². The number of hydrogen-bond acceptors (Lipinski definition) is 2. The standard InChI is InChI=1S/C17H18FIN2/c18-14-7-8-17(15(19)11-14)21-10-4-9-20-16(12-21)13-5-2-1-3-6-13/h1-3,5-8,11,16,20H,4,9-10,12H2. The molecule has 1 aliphatic rings. The van der Waals surface area contributed by atoms with Crippen LogP contribution in [0.3, 0.4) is 0 Å². The van der Waals surface area contributed by atoms with E-state index in [2.05, 4.69) is 57.1 Å². The van der Waals surface area contributed by atoms with Crippen molar-refractivity contribution in [2.45, 2.75) is 12.5 Å². The van der Waals surface area contributed by atoms with Gasteiger partial charge in [0.1, 0.15) is 5.82 Å². The number of benzene rings is 2. The summed E-state index contributed by atoms with van der Waals surface area (Å²) < 4.78 is 14.3. The highest BCUT2D eigenvalue weighted by atomic mass is 127. The Morgan fingerprint density at radius 3 is 2.71 bits per heavy atom. The second-order valence-electron chi connectivity index (χ2n) is 5.31. The maximum absolute atomic E-state index is 13.3. The summed E-state index contributed by atoms with van der Waals surface area (Å²) in [6.45, 7) is 2.91. The molecule has 1 atom stereocenters. The fourth-order valence-corrected chi connectivity index (χ4v) is 3.61. The molecule has 0 radical (unpaired) electrons. The highest BCUT2D eigenvalue weighted by molar-refractivity contribution is 14.1. The van der Waals surface area contributed by atoms with E-state index in [-0.39, 0.29) is 5.82 Å². The van der Waals surface area contributed by atoms with Crippen LogP contribution in [0.5, 0.6) is 0 Å². The molecule has 1 unspecified atom stereocenters. The van der Waals surface area contributed by atoms with Crippen molar-refractivity contribution < 1.29 is 4.39 Å². The smallest absolute Gasteiger partial charge is 0.124 e. The molecule has 1 saturated heterocycles. The first-order valence-electron chi connectivity index (χ1n) is 7.22. The largest absolute Gasteiger partial charge is 0.369 e. The Kier molecular flexibility index (Phi) is 4.75. The Morgan fingerprint density at radius 2 is 1.95 bits per heavy atom. The van der Waals surface area contributed by atoms with E-state index in [4.69, 9.17) is 0 Å². The van der Waals surface area contributed by atoms with Gasteiger partial charge in [-0.1, -0.05) is 30.3 Å². The lowest BCUT2D eigenvalue weighted by molar-refractivity contribution is 0.569. The predicted molar refractivity (Wildman–Crippen MR) is 93.1 cm³/mol. The molecule has 21 heavy (non-hydrogen) atoms. The van der Waals surface area contributed by atoms with Gasteiger partial charge in [0, 0.05) is 22.7 Å². The molecule has 1 heterocycles. The Bertz CT molecular complexity index is 603. The van der Waals surface area contributed by atoms with Gasteiger partial charge in [0.25, 0.3) is 0 Å². The summed E-state index contributed by atoms with van der Waals surface area (Å²) in [6.07, 6.45) is 1.09. The van der Waals surface area contributed by atoms with E-state index in [1.54, 1.807) is 12.1 Å². The number of halogens is 2. The second-order valence-corrected chi connectivity index (χ2v) is 6.47. The Balaban J connectivity index is 1.85. The molecule has 1 aliphatic heterocycles. The van der Waals surface area contributed by atoms with Crippen molar-refractivity contribution in [3.63, 3.8) is 0 Å². The maximum Gasteiger partial charge on any atom is 0.124 e. The number of hydrogen-bond donors (Lipinski definition) is 1. The van der Waals surface area contributed by atoms with Crippen LogP contribution in [-0.4, -0.2) is 19.6 Å². The van der Waals surface area contributed by atoms with Gasteiger partial charge < -0.3 is 10.2 Å². The van der Waals surface area contributed by atoms with Crippen LogP contribution in [0.25, 0.3) is 0 Å². The molecular formula is C17H18FIN2. The minimum Gasteiger partial charge on any atom is -0.369 e. The fourth-order valence-electron chi connectivity index (χ4n) is 2.79. The van der Waals surface area contributed by atoms with E-state index in [0.29, 0.717) is 6.04 Å². The van der Waals surface area contributed by atoms with Gasteiger partial charge in [0.05, 0.1) is 5.69 Å². The first kappa shape index (κ1) is 14.8. The maximum atomic E-state index is 13.3. The minimum atomic E-state index is -0.171. The average Bonchev–Trinajstić information content (AvgIpc) is 2.74. The molecule has 0 aromatic heterocycles. The Morgan fingerprint density at radius 1 is 1.14 bits per heavy atom. The molecule has 0 amide bonds. The van der Waals surface area contributed by atoms with Crippen molar-refractivity contribution in [1.29, 1.82) is 0 Å². The molecule has 0 spiro atoms. The van der Waals surface area contributed by atoms with Crippen LogP contribution in [0, 0.1) is 9.39 Å². The summed E-state index contributed by atoms with van der Waals surface area (Å²) in [6, 6.07) is 15.9. The molecule has 2 aromatic rings. The van der Waals surface area contributed by atoms with Crippen molar-refractivity contribution in [3.8, 4) is 0 Å². The van der Waals surface area contributed by atoms with Gasteiger partial charge in [-0.15, -0.1) is 0 Å². The van der Waals surface area contributed by atoms with E-state index >= 15 is 0 Å².